The van der Waals surface area contributed by atoms with Gasteiger partial charge in [-0.2, -0.15) is 5.26 Å². The predicted octanol–water partition coefficient (Wildman–Crippen LogP) is 1.73. The van der Waals surface area contributed by atoms with Gasteiger partial charge in [-0.3, -0.25) is 0 Å². The molecular formula is C10H18N2. The van der Waals surface area contributed by atoms with Gasteiger partial charge in [0.15, 0.2) is 0 Å². The Bertz CT molecular complexity index is 183. The second kappa shape index (κ2) is 3.91. The zero-order valence-corrected chi connectivity index (χ0v) is 8.25. The van der Waals surface area contributed by atoms with Crippen LogP contribution in [0.1, 0.15) is 20.3 Å². The Morgan fingerprint density at radius 2 is 2.25 bits per heavy atom. The fraction of sp³-hybridized carbons (Fsp3) is 0.900. The molecule has 1 fully saturated rings. The molecule has 0 aromatic carbocycles. The third-order valence-electron chi connectivity index (χ3n) is 2.63. The normalized spacial score (nSPS) is 29.9. The van der Waals surface area contributed by atoms with Crippen LogP contribution in [0.2, 0.25) is 0 Å². The summed E-state index contributed by atoms with van der Waals surface area (Å²) < 4.78 is 0. The molecule has 0 aromatic heterocycles. The minimum atomic E-state index is 0.170. The smallest absolute Gasteiger partial charge is 0.0666 e. The molecule has 1 aliphatic rings. The quantitative estimate of drug-likeness (QED) is 0.636. The molecule has 1 rings (SSSR count). The van der Waals surface area contributed by atoms with Crippen molar-refractivity contribution in [3.8, 4) is 6.07 Å². The van der Waals surface area contributed by atoms with Crippen LogP contribution in [0.4, 0.5) is 0 Å². The Labute approximate surface area is 75.2 Å². The van der Waals surface area contributed by atoms with Gasteiger partial charge in [-0.25, -0.2) is 0 Å². The van der Waals surface area contributed by atoms with E-state index < -0.39 is 0 Å². The fourth-order valence-electron chi connectivity index (χ4n) is 1.64. The zero-order valence-electron chi connectivity index (χ0n) is 8.25. The van der Waals surface area contributed by atoms with Crippen LogP contribution in [0.5, 0.6) is 0 Å². The van der Waals surface area contributed by atoms with Gasteiger partial charge in [0, 0.05) is 13.1 Å². The Hall–Kier alpha value is -0.550. The van der Waals surface area contributed by atoms with Crippen LogP contribution < -0.4 is 0 Å². The summed E-state index contributed by atoms with van der Waals surface area (Å²) in [4.78, 5) is 2.28. The molecule has 0 radical (unpaired) electrons. The zero-order chi connectivity index (χ0) is 9.14. The summed E-state index contributed by atoms with van der Waals surface area (Å²) in [6, 6.07) is 2.26. The standard InChI is InChI=1S/C10H18N2/c1-8(5-11)6-12(3)7-10-4-9(10)2/h8-10H,4,6-7H2,1-3H3. The van der Waals surface area contributed by atoms with Crippen LogP contribution in [-0.2, 0) is 0 Å². The Morgan fingerprint density at radius 1 is 1.67 bits per heavy atom. The first-order valence-corrected chi connectivity index (χ1v) is 4.71. The second-order valence-corrected chi connectivity index (χ2v) is 4.22. The minimum Gasteiger partial charge on any atom is -0.305 e. The van der Waals surface area contributed by atoms with Crippen LogP contribution in [0.15, 0.2) is 0 Å². The molecule has 1 aliphatic carbocycles. The summed E-state index contributed by atoms with van der Waals surface area (Å²) in [5, 5.41) is 8.61. The van der Waals surface area contributed by atoms with E-state index in [1.54, 1.807) is 0 Å². The maximum absolute atomic E-state index is 8.61. The number of hydrogen-bond acceptors (Lipinski definition) is 2. The molecule has 0 spiro atoms. The van der Waals surface area contributed by atoms with Crippen molar-refractivity contribution < 1.29 is 0 Å². The van der Waals surface area contributed by atoms with E-state index in [0.717, 1.165) is 18.4 Å². The maximum atomic E-state index is 8.61. The van der Waals surface area contributed by atoms with E-state index in [-0.39, 0.29) is 5.92 Å². The molecule has 68 valence electrons. The number of nitrogens with zero attached hydrogens (tertiary/aromatic N) is 2. The van der Waals surface area contributed by atoms with E-state index in [0.29, 0.717) is 0 Å². The Balaban J connectivity index is 2.12. The molecule has 0 heterocycles. The second-order valence-electron chi connectivity index (χ2n) is 4.22. The van der Waals surface area contributed by atoms with Crippen LogP contribution in [-0.4, -0.2) is 25.0 Å². The van der Waals surface area contributed by atoms with Crippen LogP contribution in [0.25, 0.3) is 0 Å². The van der Waals surface area contributed by atoms with Gasteiger partial charge in [0.25, 0.3) is 0 Å². The van der Waals surface area contributed by atoms with Crippen molar-refractivity contribution in [1.82, 2.24) is 4.90 Å². The van der Waals surface area contributed by atoms with E-state index in [2.05, 4.69) is 24.9 Å². The van der Waals surface area contributed by atoms with E-state index in [4.69, 9.17) is 5.26 Å². The average molecular weight is 166 g/mol. The number of nitriles is 1. The van der Waals surface area contributed by atoms with Gasteiger partial charge in [0.05, 0.1) is 12.0 Å². The lowest BCUT2D eigenvalue weighted by atomic mass is 10.2. The monoisotopic (exact) mass is 166 g/mol. The van der Waals surface area contributed by atoms with Crippen molar-refractivity contribution in [1.29, 1.82) is 5.26 Å². The summed E-state index contributed by atoms with van der Waals surface area (Å²) >= 11 is 0. The first-order valence-electron chi connectivity index (χ1n) is 4.71. The fourth-order valence-corrected chi connectivity index (χ4v) is 1.64. The van der Waals surface area contributed by atoms with E-state index in [9.17, 15) is 0 Å². The minimum absolute atomic E-state index is 0.170. The Morgan fingerprint density at radius 3 is 2.67 bits per heavy atom. The molecule has 0 aliphatic heterocycles. The van der Waals surface area contributed by atoms with Gasteiger partial charge < -0.3 is 4.90 Å². The summed E-state index contributed by atoms with van der Waals surface area (Å²) in [6.45, 7) is 6.37. The molecule has 12 heavy (non-hydrogen) atoms. The molecule has 0 N–H and O–H groups in total. The SMILES string of the molecule is CC(C#N)CN(C)CC1CC1C. The van der Waals surface area contributed by atoms with Gasteiger partial charge in [-0.1, -0.05) is 6.92 Å². The largest absolute Gasteiger partial charge is 0.305 e. The maximum Gasteiger partial charge on any atom is 0.0666 e. The molecule has 3 unspecified atom stereocenters. The molecule has 1 saturated carbocycles. The highest BCUT2D eigenvalue weighted by Gasteiger charge is 2.33. The van der Waals surface area contributed by atoms with Gasteiger partial charge in [-0.05, 0) is 32.2 Å². The number of hydrogen-bond donors (Lipinski definition) is 0. The average Bonchev–Trinajstić information content (AvgIpc) is 2.66. The van der Waals surface area contributed by atoms with E-state index in [1.165, 1.54) is 13.0 Å². The summed E-state index contributed by atoms with van der Waals surface area (Å²) in [5.74, 6) is 2.00. The lowest BCUT2D eigenvalue weighted by Gasteiger charge is -2.17. The van der Waals surface area contributed by atoms with Crippen LogP contribution >= 0.6 is 0 Å². The predicted molar refractivity (Wildman–Crippen MR) is 49.5 cm³/mol. The molecular weight excluding hydrogens is 148 g/mol. The van der Waals surface area contributed by atoms with Gasteiger partial charge in [0.2, 0.25) is 0 Å². The molecule has 2 heteroatoms. The third-order valence-corrected chi connectivity index (χ3v) is 2.63. The first kappa shape index (κ1) is 9.54. The van der Waals surface area contributed by atoms with Crippen molar-refractivity contribution in [2.75, 3.05) is 20.1 Å². The highest BCUT2D eigenvalue weighted by atomic mass is 15.1. The van der Waals surface area contributed by atoms with Crippen molar-refractivity contribution >= 4 is 0 Å². The molecule has 0 bridgehead atoms. The Kier molecular flexibility index (Phi) is 3.11. The highest BCUT2D eigenvalue weighted by molar-refractivity contribution is 4.86. The summed E-state index contributed by atoms with van der Waals surface area (Å²) in [6.07, 6.45) is 1.38. The van der Waals surface area contributed by atoms with Crippen LogP contribution in [0.3, 0.4) is 0 Å². The van der Waals surface area contributed by atoms with Crippen LogP contribution in [0, 0.1) is 29.1 Å². The van der Waals surface area contributed by atoms with E-state index >= 15 is 0 Å². The van der Waals surface area contributed by atoms with Crippen molar-refractivity contribution in [3.05, 3.63) is 0 Å². The van der Waals surface area contributed by atoms with Crippen molar-refractivity contribution in [2.45, 2.75) is 20.3 Å². The molecule has 0 saturated heterocycles. The van der Waals surface area contributed by atoms with Gasteiger partial charge in [-0.15, -0.1) is 0 Å². The highest BCUT2D eigenvalue weighted by Crippen LogP contribution is 2.37. The molecule has 3 atom stereocenters. The van der Waals surface area contributed by atoms with Crippen molar-refractivity contribution in [3.63, 3.8) is 0 Å². The summed E-state index contributed by atoms with van der Waals surface area (Å²) in [7, 11) is 2.11. The first-order chi connectivity index (χ1) is 5.63. The van der Waals surface area contributed by atoms with Crippen molar-refractivity contribution in [2.24, 2.45) is 17.8 Å². The molecule has 2 nitrogen and oxygen atoms in total. The number of rotatable bonds is 4. The van der Waals surface area contributed by atoms with E-state index in [1.807, 2.05) is 6.92 Å². The molecule has 0 aromatic rings. The lowest BCUT2D eigenvalue weighted by Crippen LogP contribution is -2.26. The third kappa shape index (κ3) is 2.83. The topological polar surface area (TPSA) is 27.0 Å². The van der Waals surface area contributed by atoms with Gasteiger partial charge >= 0.3 is 0 Å². The summed E-state index contributed by atoms with van der Waals surface area (Å²) in [5.41, 5.74) is 0. The van der Waals surface area contributed by atoms with Gasteiger partial charge in [0.1, 0.15) is 0 Å². The lowest BCUT2D eigenvalue weighted by molar-refractivity contribution is 0.294. The molecule has 0 amide bonds.